The summed E-state index contributed by atoms with van der Waals surface area (Å²) in [5.74, 6) is -1.45. The Balaban J connectivity index is 1.90. The third kappa shape index (κ3) is 6.45. The number of hydrogen-bond acceptors (Lipinski definition) is 7. The van der Waals surface area contributed by atoms with Gasteiger partial charge < -0.3 is 20.1 Å². The Morgan fingerprint density at radius 2 is 1.86 bits per heavy atom. The quantitative estimate of drug-likeness (QED) is 0.364. The van der Waals surface area contributed by atoms with Crippen LogP contribution in [0.4, 0.5) is 5.69 Å². The Morgan fingerprint density at radius 3 is 2.54 bits per heavy atom. The van der Waals surface area contributed by atoms with Gasteiger partial charge in [0.15, 0.2) is 0 Å². The first-order chi connectivity index (χ1) is 16.9. The minimum absolute atomic E-state index is 0.0674. The molecule has 0 unspecified atom stereocenters. The van der Waals surface area contributed by atoms with E-state index in [1.807, 2.05) is 31.2 Å². The van der Waals surface area contributed by atoms with Crippen molar-refractivity contribution in [1.29, 1.82) is 5.26 Å². The number of carbonyl (C=O) groups excluding carboxylic acids is 2. The van der Waals surface area contributed by atoms with Crippen LogP contribution >= 0.6 is 23.4 Å². The van der Waals surface area contributed by atoms with Crippen molar-refractivity contribution in [3.63, 3.8) is 0 Å². The minimum Gasteiger partial charge on any atom is -0.460 e. The van der Waals surface area contributed by atoms with E-state index in [0.29, 0.717) is 26.9 Å². The van der Waals surface area contributed by atoms with Gasteiger partial charge in [-0.05, 0) is 37.1 Å². The molecule has 0 radical (unpaired) electrons. The Morgan fingerprint density at radius 1 is 1.14 bits per heavy atom. The Hall–Kier alpha value is -3.25. The number of hydrogen-bond donors (Lipinski definition) is 2. The number of benzene rings is 2. The number of amides is 1. The van der Waals surface area contributed by atoms with E-state index in [4.69, 9.17) is 21.1 Å². The van der Waals surface area contributed by atoms with Crippen molar-refractivity contribution in [3.8, 4) is 6.07 Å². The molecule has 0 aromatic heterocycles. The van der Waals surface area contributed by atoms with Gasteiger partial charge in [0.05, 0.1) is 40.5 Å². The van der Waals surface area contributed by atoms with Crippen LogP contribution < -0.4 is 10.6 Å². The van der Waals surface area contributed by atoms with E-state index in [9.17, 15) is 14.9 Å². The zero-order valence-electron chi connectivity index (χ0n) is 19.7. The molecule has 0 fully saturated rings. The maximum Gasteiger partial charge on any atom is 0.336 e. The van der Waals surface area contributed by atoms with Gasteiger partial charge in [-0.25, -0.2) is 4.79 Å². The second-order valence-corrected chi connectivity index (χ2v) is 9.15. The van der Waals surface area contributed by atoms with Crippen molar-refractivity contribution in [2.75, 3.05) is 31.4 Å². The lowest BCUT2D eigenvalue weighted by Crippen LogP contribution is -2.30. The maximum atomic E-state index is 13.0. The van der Waals surface area contributed by atoms with E-state index in [1.165, 1.54) is 18.9 Å². The molecular formula is C26H26ClN3O4S. The topological polar surface area (TPSA) is 100 Å². The molecule has 7 nitrogen and oxygen atoms in total. The molecule has 0 bridgehead atoms. The molecule has 1 aliphatic rings. The average Bonchev–Trinajstić information content (AvgIpc) is 2.84. The molecule has 0 spiro atoms. The van der Waals surface area contributed by atoms with Gasteiger partial charge in [-0.1, -0.05) is 59.8 Å². The normalized spacial score (nSPS) is 15.3. The average molecular weight is 512 g/mol. The van der Waals surface area contributed by atoms with Gasteiger partial charge in [0.25, 0.3) is 0 Å². The van der Waals surface area contributed by atoms with E-state index in [0.717, 1.165) is 11.3 Å². The number of ether oxygens (including phenoxy) is 2. The molecule has 2 aromatic carbocycles. The number of para-hydroxylation sites is 1. The van der Waals surface area contributed by atoms with Gasteiger partial charge in [0, 0.05) is 23.5 Å². The third-order valence-corrected chi connectivity index (χ3v) is 6.73. The molecule has 35 heavy (non-hydrogen) atoms. The standard InChI is InChI=1S/C26H26ClN3O4S/c1-16-8-4-7-11-21(16)30-22(31)15-35-25-19(14-28)24(18-9-5-6-10-20(18)27)23(17(2)29-25)26(32)34-13-12-33-3/h4-11,24,29H,12-13,15H2,1-3H3,(H,30,31)/t24-/m0/s1. The number of esters is 1. The van der Waals surface area contributed by atoms with Crippen LogP contribution in [0.3, 0.4) is 0 Å². The number of carbonyl (C=O) groups is 2. The molecule has 0 aliphatic carbocycles. The highest BCUT2D eigenvalue weighted by atomic mass is 35.5. The first-order valence-corrected chi connectivity index (χ1v) is 12.2. The second-order valence-electron chi connectivity index (χ2n) is 7.75. The summed E-state index contributed by atoms with van der Waals surface area (Å²) in [6, 6.07) is 16.8. The molecular weight excluding hydrogens is 486 g/mol. The molecule has 3 rings (SSSR count). The van der Waals surface area contributed by atoms with E-state index < -0.39 is 11.9 Å². The van der Waals surface area contributed by atoms with E-state index >= 15 is 0 Å². The summed E-state index contributed by atoms with van der Waals surface area (Å²) in [7, 11) is 1.52. The van der Waals surface area contributed by atoms with Crippen molar-refractivity contribution < 1.29 is 19.1 Å². The second kappa shape index (κ2) is 12.5. The lowest BCUT2D eigenvalue weighted by molar-refractivity contribution is -0.140. The monoisotopic (exact) mass is 511 g/mol. The fourth-order valence-electron chi connectivity index (χ4n) is 3.65. The maximum absolute atomic E-state index is 13.0. The molecule has 1 amide bonds. The van der Waals surface area contributed by atoms with Crippen LogP contribution in [0.2, 0.25) is 5.02 Å². The number of nitriles is 1. The summed E-state index contributed by atoms with van der Waals surface area (Å²) in [5.41, 5.74) is 3.39. The summed E-state index contributed by atoms with van der Waals surface area (Å²) < 4.78 is 10.3. The molecule has 0 saturated carbocycles. The van der Waals surface area contributed by atoms with Crippen LogP contribution in [0.1, 0.15) is 24.0 Å². The molecule has 9 heteroatoms. The Labute approximate surface area is 214 Å². The van der Waals surface area contributed by atoms with Crippen molar-refractivity contribution >= 4 is 40.9 Å². The first kappa shape index (κ1) is 26.4. The van der Waals surface area contributed by atoms with E-state index in [2.05, 4.69) is 16.7 Å². The number of nitrogens with zero attached hydrogens (tertiary/aromatic N) is 1. The van der Waals surface area contributed by atoms with Crippen molar-refractivity contribution in [2.24, 2.45) is 0 Å². The van der Waals surface area contributed by atoms with Crippen LogP contribution in [-0.2, 0) is 19.1 Å². The molecule has 2 aromatic rings. The van der Waals surface area contributed by atoms with Crippen molar-refractivity contribution in [3.05, 3.63) is 86.6 Å². The van der Waals surface area contributed by atoms with Gasteiger partial charge >= 0.3 is 5.97 Å². The minimum atomic E-state index is -0.744. The van der Waals surface area contributed by atoms with Gasteiger partial charge in [0.1, 0.15) is 6.61 Å². The highest BCUT2D eigenvalue weighted by Gasteiger charge is 2.36. The van der Waals surface area contributed by atoms with Crippen LogP contribution in [0.5, 0.6) is 0 Å². The van der Waals surface area contributed by atoms with Gasteiger partial charge in [0.2, 0.25) is 5.91 Å². The lowest BCUT2D eigenvalue weighted by Gasteiger charge is -2.29. The number of thioether (sulfide) groups is 1. The molecule has 2 N–H and O–H groups in total. The largest absolute Gasteiger partial charge is 0.460 e. The lowest BCUT2D eigenvalue weighted by atomic mass is 9.82. The summed E-state index contributed by atoms with van der Waals surface area (Å²) >= 11 is 7.68. The van der Waals surface area contributed by atoms with Crippen molar-refractivity contribution in [2.45, 2.75) is 19.8 Å². The predicted octanol–water partition coefficient (Wildman–Crippen LogP) is 4.91. The summed E-state index contributed by atoms with van der Waals surface area (Å²) in [4.78, 5) is 25.7. The molecule has 1 atom stereocenters. The Kier molecular flexibility index (Phi) is 9.38. The van der Waals surface area contributed by atoms with E-state index in [1.54, 1.807) is 31.2 Å². The van der Waals surface area contributed by atoms with Gasteiger partial charge in [-0.2, -0.15) is 5.26 Å². The fraction of sp³-hybridized carbons (Fsp3) is 0.269. The Bertz CT molecular complexity index is 1220. The number of rotatable bonds is 9. The zero-order chi connectivity index (χ0) is 25.4. The number of halogens is 1. The first-order valence-electron chi connectivity index (χ1n) is 10.9. The van der Waals surface area contributed by atoms with Crippen LogP contribution in [0.15, 0.2) is 70.4 Å². The highest BCUT2D eigenvalue weighted by molar-refractivity contribution is 8.03. The number of aryl methyl sites for hydroxylation is 1. The number of methoxy groups -OCH3 is 1. The molecule has 0 saturated heterocycles. The third-order valence-electron chi connectivity index (χ3n) is 5.37. The number of allylic oxidation sites excluding steroid dienone is 2. The number of nitrogens with one attached hydrogen (secondary N) is 2. The smallest absolute Gasteiger partial charge is 0.336 e. The van der Waals surface area contributed by atoms with Crippen molar-refractivity contribution in [1.82, 2.24) is 5.32 Å². The van der Waals surface area contributed by atoms with Gasteiger partial charge in [-0.15, -0.1) is 0 Å². The SMILES string of the molecule is COCCOC(=O)C1=C(C)NC(SCC(=O)Nc2ccccc2C)=C(C#N)[C@@H]1c1ccccc1Cl. The highest BCUT2D eigenvalue weighted by Crippen LogP contribution is 2.43. The fourth-order valence-corrected chi connectivity index (χ4v) is 4.79. The van der Waals surface area contributed by atoms with Crippen LogP contribution in [-0.4, -0.2) is 38.0 Å². The zero-order valence-corrected chi connectivity index (χ0v) is 21.3. The molecule has 1 heterocycles. The number of anilines is 1. The van der Waals surface area contributed by atoms with Crippen LogP contribution in [0, 0.1) is 18.3 Å². The van der Waals surface area contributed by atoms with Crippen LogP contribution in [0.25, 0.3) is 0 Å². The summed E-state index contributed by atoms with van der Waals surface area (Å²) in [6.45, 7) is 3.98. The molecule has 182 valence electrons. The molecule has 1 aliphatic heterocycles. The predicted molar refractivity (Wildman–Crippen MR) is 138 cm³/mol. The summed E-state index contributed by atoms with van der Waals surface area (Å²) in [5, 5.41) is 17.1. The number of dihydropyridines is 1. The van der Waals surface area contributed by atoms with Gasteiger partial charge in [-0.3, -0.25) is 4.79 Å². The van der Waals surface area contributed by atoms with E-state index in [-0.39, 0.29) is 30.4 Å². The summed E-state index contributed by atoms with van der Waals surface area (Å²) in [6.07, 6.45) is 0.